The van der Waals surface area contributed by atoms with E-state index in [1.165, 1.54) is 30.5 Å². The molecule has 0 radical (unpaired) electrons. The summed E-state index contributed by atoms with van der Waals surface area (Å²) in [5.41, 5.74) is 3.23. The number of fused-ring (bicyclic) bond motifs is 4. The van der Waals surface area contributed by atoms with Crippen LogP contribution in [0.3, 0.4) is 0 Å². The second kappa shape index (κ2) is 15.9. The largest absolute Gasteiger partial charge is 0.490 e. The zero-order valence-corrected chi connectivity index (χ0v) is 30.4. The smallest absolute Gasteiger partial charge is 0.282 e. The molecule has 0 unspecified atom stereocenters. The van der Waals surface area contributed by atoms with Crippen molar-refractivity contribution < 1.29 is 49.4 Å². The van der Waals surface area contributed by atoms with E-state index in [-0.39, 0.29) is 9.79 Å². The second-order valence-electron chi connectivity index (χ2n) is 11.9. The lowest BCUT2D eigenvalue weighted by Crippen LogP contribution is -2.12. The quantitative estimate of drug-likeness (QED) is 0.145. The molecule has 15 heteroatoms. The van der Waals surface area contributed by atoms with Crippen molar-refractivity contribution in [1.29, 1.82) is 0 Å². The Labute approximate surface area is 306 Å². The highest BCUT2D eigenvalue weighted by Gasteiger charge is 2.19. The molecule has 4 heterocycles. The zero-order chi connectivity index (χ0) is 37.6. The molecule has 276 valence electrons. The van der Waals surface area contributed by atoms with E-state index in [2.05, 4.69) is 4.40 Å². The summed E-state index contributed by atoms with van der Waals surface area (Å²) < 4.78 is 83.8. The van der Waals surface area contributed by atoms with Gasteiger partial charge in [0.15, 0.2) is 35.0 Å². The van der Waals surface area contributed by atoms with Crippen LogP contribution in [-0.4, -0.2) is 55.8 Å². The van der Waals surface area contributed by atoms with Gasteiger partial charge in [-0.05, 0) is 50.2 Å². The number of aryl methyl sites for hydroxylation is 2. The molecule has 0 atom stereocenters. The SMILES string of the molecule is Cc1c(C=NS(=O)(=O)c2ccc3c(c2)OCCCO3)oc2ccccc12.Cc1c(C=O)oc2ccccc12.NS(=O)(=O)c1ccc2c(c1)OCCCO2. The number of nitrogens with zero attached hydrogens (tertiary/aromatic N) is 1. The molecule has 2 aliphatic rings. The van der Waals surface area contributed by atoms with Crippen molar-refractivity contribution in [2.45, 2.75) is 36.5 Å². The van der Waals surface area contributed by atoms with Gasteiger partial charge in [0.05, 0.1) is 42.4 Å². The Morgan fingerprint density at radius 3 is 1.57 bits per heavy atom. The van der Waals surface area contributed by atoms with Crippen molar-refractivity contribution in [2.24, 2.45) is 9.54 Å². The van der Waals surface area contributed by atoms with Crippen molar-refractivity contribution in [3.63, 3.8) is 0 Å². The van der Waals surface area contributed by atoms with Crippen LogP contribution in [0.2, 0.25) is 0 Å². The average Bonchev–Trinajstić information content (AvgIpc) is 3.40. The molecule has 8 rings (SSSR count). The van der Waals surface area contributed by atoms with Crippen LogP contribution in [0.4, 0.5) is 0 Å². The first-order chi connectivity index (χ1) is 25.4. The fourth-order valence-electron chi connectivity index (χ4n) is 5.42. The maximum atomic E-state index is 12.6. The van der Waals surface area contributed by atoms with E-state index in [1.54, 1.807) is 12.1 Å². The van der Waals surface area contributed by atoms with Gasteiger partial charge in [-0.15, -0.1) is 0 Å². The van der Waals surface area contributed by atoms with Gasteiger partial charge in [0.2, 0.25) is 10.0 Å². The molecular formula is C38H36N2O11S2. The van der Waals surface area contributed by atoms with Gasteiger partial charge in [-0.2, -0.15) is 12.8 Å². The Morgan fingerprint density at radius 1 is 0.604 bits per heavy atom. The van der Waals surface area contributed by atoms with Gasteiger partial charge in [-0.3, -0.25) is 4.79 Å². The van der Waals surface area contributed by atoms with E-state index in [4.69, 9.17) is 32.9 Å². The highest BCUT2D eigenvalue weighted by atomic mass is 32.2. The standard InChI is InChI=1S/C19H17NO5S.C10H8O2.C9H11NO4S/c1-13-15-5-2-3-6-16(15)25-19(13)12-20-26(21,22)14-7-8-17-18(11-14)24-10-4-9-23-17;1-7-8-4-2-3-5-9(8)12-10(7)6-11;10-15(11,12)7-2-3-8-9(6-7)14-5-1-4-13-8/h2-3,5-8,11-12H,4,9-10H2,1H3;2-6H,1H3;2-3,6H,1,4-5H2,(H2,10,11,12). The number of carbonyl (C=O) groups excluding carboxylic acids is 1. The highest BCUT2D eigenvalue weighted by Crippen LogP contribution is 2.33. The van der Waals surface area contributed by atoms with Crippen molar-refractivity contribution in [3.8, 4) is 23.0 Å². The fourth-order valence-corrected chi connectivity index (χ4v) is 6.81. The van der Waals surface area contributed by atoms with Crippen molar-refractivity contribution >= 4 is 54.5 Å². The average molecular weight is 761 g/mol. The lowest BCUT2D eigenvalue weighted by atomic mass is 10.1. The van der Waals surface area contributed by atoms with Gasteiger partial charge in [-0.1, -0.05) is 36.4 Å². The van der Waals surface area contributed by atoms with Crippen LogP contribution in [0.1, 0.15) is 40.3 Å². The lowest BCUT2D eigenvalue weighted by molar-refractivity contribution is 0.110. The summed E-state index contributed by atoms with van der Waals surface area (Å²) in [6.45, 7) is 5.87. The molecule has 2 aromatic heterocycles. The number of hydrogen-bond acceptors (Lipinski definition) is 11. The van der Waals surface area contributed by atoms with Gasteiger partial charge in [0.1, 0.15) is 16.9 Å². The molecule has 2 N–H and O–H groups in total. The topological polar surface area (TPSA) is 187 Å². The molecule has 0 bridgehead atoms. The number of carbonyl (C=O) groups is 1. The predicted molar refractivity (Wildman–Crippen MR) is 198 cm³/mol. The van der Waals surface area contributed by atoms with Crippen LogP contribution in [0.5, 0.6) is 23.0 Å². The molecular weight excluding hydrogens is 725 g/mol. The summed E-state index contributed by atoms with van der Waals surface area (Å²) in [7, 11) is -7.57. The van der Waals surface area contributed by atoms with Crippen LogP contribution in [0, 0.1) is 13.8 Å². The van der Waals surface area contributed by atoms with Crippen LogP contribution in [-0.2, 0) is 20.0 Å². The number of hydrogen-bond donors (Lipinski definition) is 1. The number of primary sulfonamides is 1. The molecule has 4 aromatic carbocycles. The molecule has 0 amide bonds. The third kappa shape index (κ3) is 8.71. The minimum Gasteiger partial charge on any atom is -0.490 e. The molecule has 13 nitrogen and oxygen atoms in total. The van der Waals surface area contributed by atoms with Gasteiger partial charge >= 0.3 is 0 Å². The Bertz CT molecular complexity index is 2520. The van der Waals surface area contributed by atoms with Gasteiger partial charge in [0.25, 0.3) is 10.0 Å². The summed E-state index contributed by atoms with van der Waals surface area (Å²) in [6.07, 6.45) is 3.52. The summed E-state index contributed by atoms with van der Waals surface area (Å²) in [6, 6.07) is 24.0. The first-order valence-corrected chi connectivity index (χ1v) is 19.5. The monoisotopic (exact) mass is 760 g/mol. The van der Waals surface area contributed by atoms with E-state index >= 15 is 0 Å². The number of furan rings is 2. The first kappa shape index (κ1) is 37.1. The van der Waals surface area contributed by atoms with Crippen LogP contribution >= 0.6 is 0 Å². The number of ether oxygens (including phenoxy) is 4. The molecule has 53 heavy (non-hydrogen) atoms. The van der Waals surface area contributed by atoms with E-state index in [1.807, 2.05) is 62.4 Å². The predicted octanol–water partition coefficient (Wildman–Crippen LogP) is 6.76. The third-order valence-electron chi connectivity index (χ3n) is 8.24. The van der Waals surface area contributed by atoms with E-state index in [9.17, 15) is 21.6 Å². The van der Waals surface area contributed by atoms with Crippen LogP contribution in [0.15, 0.2) is 108 Å². The molecule has 0 fully saturated rings. The van der Waals surface area contributed by atoms with Crippen LogP contribution in [0.25, 0.3) is 21.9 Å². The normalized spacial score (nSPS) is 14.0. The minimum absolute atomic E-state index is 0.0340. The van der Waals surface area contributed by atoms with E-state index < -0.39 is 20.0 Å². The summed E-state index contributed by atoms with van der Waals surface area (Å²) >= 11 is 0. The second-order valence-corrected chi connectivity index (χ2v) is 15.1. The summed E-state index contributed by atoms with van der Waals surface area (Å²) in [4.78, 5) is 10.6. The zero-order valence-electron chi connectivity index (χ0n) is 28.8. The Balaban J connectivity index is 0.000000150. The lowest BCUT2D eigenvalue weighted by Gasteiger charge is -2.08. The molecule has 2 aliphatic heterocycles. The van der Waals surface area contributed by atoms with Gasteiger partial charge in [-0.25, -0.2) is 13.6 Å². The Hall–Kier alpha value is -5.64. The van der Waals surface area contributed by atoms with Crippen molar-refractivity contribution in [3.05, 3.63) is 108 Å². The Morgan fingerprint density at radius 2 is 1.06 bits per heavy atom. The summed E-state index contributed by atoms with van der Waals surface area (Å²) in [5.74, 6) is 2.79. The van der Waals surface area contributed by atoms with Crippen molar-refractivity contribution in [2.75, 3.05) is 26.4 Å². The van der Waals surface area contributed by atoms with E-state index in [0.717, 1.165) is 46.6 Å². The Kier molecular flexibility index (Phi) is 11.2. The molecule has 0 aliphatic carbocycles. The first-order valence-electron chi connectivity index (χ1n) is 16.5. The van der Waals surface area contributed by atoms with Crippen molar-refractivity contribution in [1.82, 2.24) is 0 Å². The molecule has 6 aromatic rings. The number of nitrogens with two attached hydrogens (primary N) is 1. The molecule has 0 spiro atoms. The number of aldehydes is 1. The molecule has 0 saturated carbocycles. The van der Waals surface area contributed by atoms with Crippen LogP contribution < -0.4 is 24.1 Å². The number of para-hydroxylation sites is 2. The summed E-state index contributed by atoms with van der Waals surface area (Å²) in [5, 5.41) is 6.95. The maximum Gasteiger partial charge on any atom is 0.282 e. The van der Waals surface area contributed by atoms with Gasteiger partial charge < -0.3 is 27.8 Å². The number of sulfonamides is 2. The van der Waals surface area contributed by atoms with Gasteiger partial charge in [0, 0.05) is 46.9 Å². The fraction of sp³-hybridized carbons (Fsp3) is 0.211. The third-order valence-corrected chi connectivity index (χ3v) is 10.4. The molecule has 0 saturated heterocycles. The maximum absolute atomic E-state index is 12.6. The van der Waals surface area contributed by atoms with E-state index in [0.29, 0.717) is 66.5 Å². The number of rotatable bonds is 5. The highest BCUT2D eigenvalue weighted by molar-refractivity contribution is 7.90. The number of benzene rings is 4. The minimum atomic E-state index is -3.88.